The van der Waals surface area contributed by atoms with Crippen LogP contribution in [0.1, 0.15) is 23.9 Å². The monoisotopic (exact) mass is 272 g/mol. The van der Waals surface area contributed by atoms with Gasteiger partial charge in [-0.1, -0.05) is 25.1 Å². The number of hydrogen-bond donors (Lipinski definition) is 2. The fourth-order valence-corrected chi connectivity index (χ4v) is 1.91. The Hall–Kier alpha value is -2.14. The summed E-state index contributed by atoms with van der Waals surface area (Å²) in [5.41, 5.74) is 8.83. The highest BCUT2D eigenvalue weighted by Gasteiger charge is 2.10. The third kappa shape index (κ3) is 3.05. The van der Waals surface area contributed by atoms with E-state index in [4.69, 9.17) is 10.5 Å². The first-order valence-corrected chi connectivity index (χ1v) is 6.62. The molecule has 1 aromatic carbocycles. The maximum absolute atomic E-state index is 5.93. The zero-order valence-corrected chi connectivity index (χ0v) is 12.1. The Kier molecular flexibility index (Phi) is 4.53. The van der Waals surface area contributed by atoms with Gasteiger partial charge in [-0.3, -0.25) is 0 Å². The predicted octanol–water partition coefficient (Wildman–Crippen LogP) is 2.82. The third-order valence-corrected chi connectivity index (χ3v) is 3.12. The van der Waals surface area contributed by atoms with Crippen molar-refractivity contribution in [2.75, 3.05) is 18.2 Å². The van der Waals surface area contributed by atoms with Crippen LogP contribution in [0.25, 0.3) is 0 Å². The number of nitrogens with one attached hydrogen (secondary N) is 1. The number of hydrogen-bond acceptors (Lipinski definition) is 5. The predicted molar refractivity (Wildman–Crippen MR) is 81.0 cm³/mol. The quantitative estimate of drug-likeness (QED) is 0.875. The molecule has 1 aromatic heterocycles. The van der Waals surface area contributed by atoms with E-state index < -0.39 is 0 Å². The molecular formula is C15H20N4O. The number of ether oxygens (including phenoxy) is 1. The summed E-state index contributed by atoms with van der Waals surface area (Å²) in [5.74, 6) is 2.00. The SMILES string of the molecule is CCc1nc(N)c(C)c(Nc2ccccc2COC)n1. The number of nitrogen functional groups attached to an aromatic ring is 1. The van der Waals surface area contributed by atoms with Gasteiger partial charge in [0, 0.05) is 30.3 Å². The number of aryl methyl sites for hydroxylation is 1. The number of rotatable bonds is 5. The van der Waals surface area contributed by atoms with Gasteiger partial charge in [0.25, 0.3) is 0 Å². The van der Waals surface area contributed by atoms with Crippen molar-refractivity contribution in [1.82, 2.24) is 9.97 Å². The highest BCUT2D eigenvalue weighted by atomic mass is 16.5. The molecule has 0 amide bonds. The van der Waals surface area contributed by atoms with E-state index in [2.05, 4.69) is 15.3 Å². The molecule has 0 saturated carbocycles. The molecule has 106 valence electrons. The van der Waals surface area contributed by atoms with Crippen molar-refractivity contribution in [3.05, 3.63) is 41.2 Å². The second-order valence-corrected chi connectivity index (χ2v) is 4.57. The number of aromatic nitrogens is 2. The van der Waals surface area contributed by atoms with Crippen LogP contribution < -0.4 is 11.1 Å². The van der Waals surface area contributed by atoms with Gasteiger partial charge in [-0.05, 0) is 13.0 Å². The van der Waals surface area contributed by atoms with Gasteiger partial charge in [0.05, 0.1) is 6.61 Å². The molecule has 2 rings (SSSR count). The van der Waals surface area contributed by atoms with Gasteiger partial charge in [0.2, 0.25) is 0 Å². The molecule has 0 spiro atoms. The zero-order valence-electron chi connectivity index (χ0n) is 12.1. The van der Waals surface area contributed by atoms with E-state index in [1.165, 1.54) is 0 Å². The number of benzene rings is 1. The van der Waals surface area contributed by atoms with Crippen LogP contribution in [-0.2, 0) is 17.8 Å². The van der Waals surface area contributed by atoms with Gasteiger partial charge in [0.1, 0.15) is 17.5 Å². The van der Waals surface area contributed by atoms with Gasteiger partial charge in [-0.2, -0.15) is 0 Å². The summed E-state index contributed by atoms with van der Waals surface area (Å²) in [6.07, 6.45) is 0.749. The molecule has 5 nitrogen and oxygen atoms in total. The third-order valence-electron chi connectivity index (χ3n) is 3.12. The molecule has 0 aliphatic carbocycles. The highest BCUT2D eigenvalue weighted by molar-refractivity contribution is 5.66. The Morgan fingerprint density at radius 3 is 2.70 bits per heavy atom. The van der Waals surface area contributed by atoms with E-state index in [0.717, 1.165) is 34.9 Å². The summed E-state index contributed by atoms with van der Waals surface area (Å²) in [6, 6.07) is 7.98. The second-order valence-electron chi connectivity index (χ2n) is 4.57. The molecule has 0 atom stereocenters. The highest BCUT2D eigenvalue weighted by Crippen LogP contribution is 2.24. The molecule has 0 fully saturated rings. The summed E-state index contributed by atoms with van der Waals surface area (Å²) in [4.78, 5) is 8.76. The maximum Gasteiger partial charge on any atom is 0.139 e. The Balaban J connectivity index is 2.37. The van der Waals surface area contributed by atoms with Crippen LogP contribution >= 0.6 is 0 Å². The van der Waals surface area contributed by atoms with Gasteiger partial charge in [-0.25, -0.2) is 9.97 Å². The van der Waals surface area contributed by atoms with Crippen LogP contribution in [0.2, 0.25) is 0 Å². The van der Waals surface area contributed by atoms with E-state index >= 15 is 0 Å². The van der Waals surface area contributed by atoms with Crippen molar-refractivity contribution in [3.63, 3.8) is 0 Å². The summed E-state index contributed by atoms with van der Waals surface area (Å²) in [5, 5.41) is 3.33. The Labute approximate surface area is 119 Å². The van der Waals surface area contributed by atoms with E-state index in [9.17, 15) is 0 Å². The molecule has 0 aliphatic heterocycles. The molecule has 0 unspecified atom stereocenters. The Morgan fingerprint density at radius 2 is 2.00 bits per heavy atom. The molecule has 3 N–H and O–H groups in total. The number of para-hydroxylation sites is 1. The molecule has 20 heavy (non-hydrogen) atoms. The van der Waals surface area contributed by atoms with Crippen molar-refractivity contribution < 1.29 is 4.74 Å². The number of nitrogens with two attached hydrogens (primary N) is 1. The number of anilines is 3. The lowest BCUT2D eigenvalue weighted by atomic mass is 10.2. The van der Waals surface area contributed by atoms with Crippen LogP contribution in [0, 0.1) is 6.92 Å². The first kappa shape index (κ1) is 14.3. The van der Waals surface area contributed by atoms with Gasteiger partial charge >= 0.3 is 0 Å². The van der Waals surface area contributed by atoms with Crippen LogP contribution in [0.15, 0.2) is 24.3 Å². The fraction of sp³-hybridized carbons (Fsp3) is 0.333. The zero-order chi connectivity index (χ0) is 14.5. The molecule has 2 aromatic rings. The van der Waals surface area contributed by atoms with Crippen LogP contribution in [-0.4, -0.2) is 17.1 Å². The topological polar surface area (TPSA) is 73.1 Å². The van der Waals surface area contributed by atoms with E-state index in [1.807, 2.05) is 38.1 Å². The van der Waals surface area contributed by atoms with Crippen molar-refractivity contribution in [1.29, 1.82) is 0 Å². The largest absolute Gasteiger partial charge is 0.383 e. The van der Waals surface area contributed by atoms with E-state index in [-0.39, 0.29) is 0 Å². The molecule has 0 saturated heterocycles. The van der Waals surface area contributed by atoms with Crippen LogP contribution in [0.5, 0.6) is 0 Å². The molecule has 0 radical (unpaired) electrons. The fourth-order valence-electron chi connectivity index (χ4n) is 1.91. The number of methoxy groups -OCH3 is 1. The van der Waals surface area contributed by atoms with Crippen molar-refractivity contribution in [2.24, 2.45) is 0 Å². The van der Waals surface area contributed by atoms with Crippen molar-refractivity contribution in [2.45, 2.75) is 26.9 Å². The van der Waals surface area contributed by atoms with E-state index in [1.54, 1.807) is 7.11 Å². The first-order chi connectivity index (χ1) is 9.65. The average molecular weight is 272 g/mol. The maximum atomic E-state index is 5.93. The van der Waals surface area contributed by atoms with E-state index in [0.29, 0.717) is 12.4 Å². The summed E-state index contributed by atoms with van der Waals surface area (Å²) in [6.45, 7) is 4.46. The first-order valence-electron chi connectivity index (χ1n) is 6.62. The van der Waals surface area contributed by atoms with Crippen molar-refractivity contribution >= 4 is 17.3 Å². The molecular weight excluding hydrogens is 252 g/mol. The molecule has 0 aliphatic rings. The lowest BCUT2D eigenvalue weighted by Crippen LogP contribution is -2.07. The molecule has 5 heteroatoms. The minimum absolute atomic E-state index is 0.517. The van der Waals surface area contributed by atoms with Gasteiger partial charge in [-0.15, -0.1) is 0 Å². The summed E-state index contributed by atoms with van der Waals surface area (Å²) in [7, 11) is 1.68. The minimum atomic E-state index is 0.517. The summed E-state index contributed by atoms with van der Waals surface area (Å²) < 4.78 is 5.21. The van der Waals surface area contributed by atoms with Crippen LogP contribution in [0.4, 0.5) is 17.3 Å². The number of nitrogens with zero attached hydrogens (tertiary/aromatic N) is 2. The lowest BCUT2D eigenvalue weighted by Gasteiger charge is -2.14. The average Bonchev–Trinajstić information content (AvgIpc) is 2.46. The smallest absolute Gasteiger partial charge is 0.139 e. The standard InChI is InChI=1S/C15H20N4O/c1-4-13-18-14(16)10(2)15(19-13)17-12-8-6-5-7-11(12)9-20-3/h5-8H,4,9H2,1-3H3,(H3,16,17,18,19). The second kappa shape index (κ2) is 6.34. The van der Waals surface area contributed by atoms with Gasteiger partial charge in [0.15, 0.2) is 0 Å². The normalized spacial score (nSPS) is 10.6. The summed E-state index contributed by atoms with van der Waals surface area (Å²) >= 11 is 0. The van der Waals surface area contributed by atoms with Gasteiger partial charge < -0.3 is 15.8 Å². The molecule has 1 heterocycles. The molecule has 0 bridgehead atoms. The minimum Gasteiger partial charge on any atom is -0.383 e. The van der Waals surface area contributed by atoms with Crippen molar-refractivity contribution in [3.8, 4) is 0 Å². The van der Waals surface area contributed by atoms with Crippen LogP contribution in [0.3, 0.4) is 0 Å². The lowest BCUT2D eigenvalue weighted by molar-refractivity contribution is 0.185. The Bertz CT molecular complexity index is 598. The Morgan fingerprint density at radius 1 is 1.25 bits per heavy atom.